The fourth-order valence-corrected chi connectivity index (χ4v) is 2.13. The van der Waals surface area contributed by atoms with Gasteiger partial charge in [0.25, 0.3) is 0 Å². The van der Waals surface area contributed by atoms with Crippen molar-refractivity contribution in [1.82, 2.24) is 0 Å². The van der Waals surface area contributed by atoms with E-state index in [0.717, 1.165) is 25.7 Å². The van der Waals surface area contributed by atoms with Crippen molar-refractivity contribution in [2.24, 2.45) is 11.1 Å². The normalized spacial score (nSPS) is 31.7. The lowest BCUT2D eigenvalue weighted by Crippen LogP contribution is -2.37. The van der Waals surface area contributed by atoms with Gasteiger partial charge in [-0.2, -0.15) is 0 Å². The van der Waals surface area contributed by atoms with Crippen molar-refractivity contribution >= 4 is 0 Å². The summed E-state index contributed by atoms with van der Waals surface area (Å²) in [5.41, 5.74) is 5.61. The number of hydrogen-bond acceptors (Lipinski definition) is 3. The first-order valence-electron chi connectivity index (χ1n) is 5.62. The van der Waals surface area contributed by atoms with Crippen LogP contribution in [0.3, 0.4) is 0 Å². The van der Waals surface area contributed by atoms with E-state index in [-0.39, 0.29) is 12.0 Å². The molecule has 0 aromatic heterocycles. The maximum absolute atomic E-state index is 9.37. The minimum absolute atomic E-state index is 0.116. The second kappa shape index (κ2) is 5.10. The average Bonchev–Trinajstić information content (AvgIpc) is 2.61. The molecule has 3 N–H and O–H groups in total. The molecule has 0 aliphatic carbocycles. The molecule has 84 valence electrons. The first-order valence-corrected chi connectivity index (χ1v) is 5.62. The Labute approximate surface area is 86.6 Å². The molecular formula is C11H23NO2. The molecule has 0 radical (unpaired) electrons. The predicted molar refractivity (Wildman–Crippen MR) is 57.1 cm³/mol. The molecule has 0 saturated carbocycles. The summed E-state index contributed by atoms with van der Waals surface area (Å²) in [7, 11) is 0. The molecule has 1 fully saturated rings. The minimum Gasteiger partial charge on any atom is -0.396 e. The van der Waals surface area contributed by atoms with Crippen LogP contribution in [0, 0.1) is 5.41 Å². The van der Waals surface area contributed by atoms with Gasteiger partial charge in [0, 0.05) is 18.6 Å². The summed E-state index contributed by atoms with van der Waals surface area (Å²) >= 11 is 0. The zero-order valence-corrected chi connectivity index (χ0v) is 9.33. The van der Waals surface area contributed by atoms with E-state index < -0.39 is 0 Å². The molecule has 0 aromatic carbocycles. The molecule has 1 aliphatic rings. The van der Waals surface area contributed by atoms with Crippen LogP contribution in [0.15, 0.2) is 0 Å². The molecule has 0 bridgehead atoms. The van der Waals surface area contributed by atoms with E-state index in [1.165, 1.54) is 0 Å². The van der Waals surface area contributed by atoms with E-state index >= 15 is 0 Å². The molecule has 0 aromatic rings. The summed E-state index contributed by atoms with van der Waals surface area (Å²) in [5.74, 6) is 0. The van der Waals surface area contributed by atoms with E-state index in [1.54, 1.807) is 0 Å². The Bertz CT molecular complexity index is 160. The van der Waals surface area contributed by atoms with Crippen LogP contribution < -0.4 is 5.73 Å². The molecule has 1 heterocycles. The quantitative estimate of drug-likeness (QED) is 0.704. The summed E-state index contributed by atoms with van der Waals surface area (Å²) in [6.07, 6.45) is 4.77. The average molecular weight is 201 g/mol. The number of aliphatic hydroxyl groups excluding tert-OH is 1. The van der Waals surface area contributed by atoms with Crippen LogP contribution in [-0.2, 0) is 4.74 Å². The van der Waals surface area contributed by atoms with E-state index in [9.17, 15) is 5.11 Å². The number of nitrogens with two attached hydrogens (primary N) is 1. The zero-order chi connectivity index (χ0) is 10.6. The summed E-state index contributed by atoms with van der Waals surface area (Å²) in [6.45, 7) is 4.92. The van der Waals surface area contributed by atoms with Gasteiger partial charge in [-0.15, -0.1) is 0 Å². The topological polar surface area (TPSA) is 55.5 Å². The number of aliphatic hydroxyl groups is 1. The van der Waals surface area contributed by atoms with E-state index in [0.29, 0.717) is 18.8 Å². The molecule has 0 amide bonds. The lowest BCUT2D eigenvalue weighted by atomic mass is 9.80. The van der Waals surface area contributed by atoms with Gasteiger partial charge >= 0.3 is 0 Å². The summed E-state index contributed by atoms with van der Waals surface area (Å²) in [6, 6.07) is 0. The molecule has 1 aliphatic heterocycles. The third kappa shape index (κ3) is 2.69. The van der Waals surface area contributed by atoms with Crippen molar-refractivity contribution in [3.63, 3.8) is 0 Å². The Morgan fingerprint density at radius 1 is 1.50 bits per heavy atom. The van der Waals surface area contributed by atoms with Crippen molar-refractivity contribution in [2.75, 3.05) is 13.2 Å². The number of rotatable bonds is 5. The molecule has 3 heteroatoms. The van der Waals surface area contributed by atoms with Gasteiger partial charge in [-0.3, -0.25) is 0 Å². The first-order chi connectivity index (χ1) is 6.65. The van der Waals surface area contributed by atoms with Gasteiger partial charge in [-0.05, 0) is 32.6 Å². The Morgan fingerprint density at radius 3 is 2.57 bits per heavy atom. The van der Waals surface area contributed by atoms with Gasteiger partial charge in [0.05, 0.1) is 12.2 Å². The monoisotopic (exact) mass is 201 g/mol. The maximum atomic E-state index is 9.37. The highest BCUT2D eigenvalue weighted by atomic mass is 16.5. The minimum atomic E-state index is -0.116. The zero-order valence-electron chi connectivity index (χ0n) is 9.33. The standard InChI is InChI=1S/C11H23NO2/c1-3-11(7-12,8-13)6-10-5-4-9(2)14-10/h9-10,13H,3-8,12H2,1-2H3. The third-order valence-corrected chi connectivity index (χ3v) is 3.50. The van der Waals surface area contributed by atoms with Crippen LogP contribution in [0.25, 0.3) is 0 Å². The second-order valence-electron chi connectivity index (χ2n) is 4.57. The highest BCUT2D eigenvalue weighted by molar-refractivity contribution is 4.84. The van der Waals surface area contributed by atoms with Gasteiger partial charge in [0.15, 0.2) is 0 Å². The van der Waals surface area contributed by atoms with E-state index in [2.05, 4.69) is 13.8 Å². The Balaban J connectivity index is 2.47. The highest BCUT2D eigenvalue weighted by Crippen LogP contribution is 2.32. The SMILES string of the molecule is CCC(CN)(CO)CC1CCC(C)O1. The van der Waals surface area contributed by atoms with Crippen molar-refractivity contribution in [1.29, 1.82) is 0 Å². The maximum Gasteiger partial charge on any atom is 0.0586 e. The number of ether oxygens (including phenoxy) is 1. The molecule has 3 atom stereocenters. The molecule has 1 saturated heterocycles. The Hall–Kier alpha value is -0.120. The van der Waals surface area contributed by atoms with Crippen LogP contribution in [-0.4, -0.2) is 30.5 Å². The first kappa shape index (κ1) is 12.0. The lowest BCUT2D eigenvalue weighted by molar-refractivity contribution is 0.00472. The van der Waals surface area contributed by atoms with Crippen LogP contribution in [0.1, 0.15) is 39.5 Å². The summed E-state index contributed by atoms with van der Waals surface area (Å²) in [4.78, 5) is 0. The molecule has 0 spiro atoms. The predicted octanol–water partition coefficient (Wildman–Crippen LogP) is 1.29. The van der Waals surface area contributed by atoms with Crippen molar-refractivity contribution in [2.45, 2.75) is 51.7 Å². The third-order valence-electron chi connectivity index (χ3n) is 3.50. The Morgan fingerprint density at radius 2 is 2.21 bits per heavy atom. The summed E-state index contributed by atoms with van der Waals surface area (Å²) in [5, 5.41) is 9.37. The highest BCUT2D eigenvalue weighted by Gasteiger charge is 2.33. The van der Waals surface area contributed by atoms with Crippen molar-refractivity contribution < 1.29 is 9.84 Å². The van der Waals surface area contributed by atoms with Crippen LogP contribution in [0.4, 0.5) is 0 Å². The van der Waals surface area contributed by atoms with Crippen LogP contribution in [0.2, 0.25) is 0 Å². The largest absolute Gasteiger partial charge is 0.396 e. The molecule has 3 unspecified atom stereocenters. The fraction of sp³-hybridized carbons (Fsp3) is 1.00. The number of hydrogen-bond donors (Lipinski definition) is 2. The van der Waals surface area contributed by atoms with Gasteiger partial charge in [0.1, 0.15) is 0 Å². The summed E-state index contributed by atoms with van der Waals surface area (Å²) < 4.78 is 5.76. The Kier molecular flexibility index (Phi) is 4.35. The van der Waals surface area contributed by atoms with E-state index in [4.69, 9.17) is 10.5 Å². The molecule has 1 rings (SSSR count). The molecule has 3 nitrogen and oxygen atoms in total. The second-order valence-corrected chi connectivity index (χ2v) is 4.57. The van der Waals surface area contributed by atoms with Crippen molar-refractivity contribution in [3.8, 4) is 0 Å². The fourth-order valence-electron chi connectivity index (χ4n) is 2.13. The lowest BCUT2D eigenvalue weighted by Gasteiger charge is -2.31. The van der Waals surface area contributed by atoms with Crippen molar-refractivity contribution in [3.05, 3.63) is 0 Å². The van der Waals surface area contributed by atoms with Crippen LogP contribution in [0.5, 0.6) is 0 Å². The van der Waals surface area contributed by atoms with Gasteiger partial charge < -0.3 is 15.6 Å². The van der Waals surface area contributed by atoms with Gasteiger partial charge in [-0.1, -0.05) is 6.92 Å². The molecular weight excluding hydrogens is 178 g/mol. The van der Waals surface area contributed by atoms with Crippen LogP contribution >= 0.6 is 0 Å². The van der Waals surface area contributed by atoms with Gasteiger partial charge in [-0.25, -0.2) is 0 Å². The van der Waals surface area contributed by atoms with E-state index in [1.807, 2.05) is 0 Å². The molecule has 14 heavy (non-hydrogen) atoms. The van der Waals surface area contributed by atoms with Gasteiger partial charge in [0.2, 0.25) is 0 Å². The smallest absolute Gasteiger partial charge is 0.0586 e.